The lowest BCUT2D eigenvalue weighted by molar-refractivity contribution is 0.196. The number of rotatable bonds is 4. The molecular formula is C16H31N3. The number of nitriles is 1. The van der Waals surface area contributed by atoms with Gasteiger partial charge in [-0.25, -0.2) is 0 Å². The monoisotopic (exact) mass is 265 g/mol. The van der Waals surface area contributed by atoms with Gasteiger partial charge in [0.25, 0.3) is 0 Å². The Morgan fingerprint density at radius 2 is 1.89 bits per heavy atom. The minimum Gasteiger partial charge on any atom is -0.300 e. The molecule has 0 saturated carbocycles. The molecule has 1 aliphatic heterocycles. The van der Waals surface area contributed by atoms with E-state index in [2.05, 4.69) is 44.0 Å². The Bertz CT molecular complexity index is 313. The third-order valence-electron chi connectivity index (χ3n) is 4.40. The zero-order chi connectivity index (χ0) is 14.5. The maximum Gasteiger partial charge on any atom is 0.116 e. The van der Waals surface area contributed by atoms with Gasteiger partial charge in [-0.15, -0.1) is 0 Å². The van der Waals surface area contributed by atoms with Crippen LogP contribution in [0.5, 0.6) is 0 Å². The molecule has 3 nitrogen and oxygen atoms in total. The zero-order valence-corrected chi connectivity index (χ0v) is 13.4. The van der Waals surface area contributed by atoms with Gasteiger partial charge in [-0.1, -0.05) is 27.7 Å². The summed E-state index contributed by atoms with van der Waals surface area (Å²) in [5, 5.41) is 12.7. The molecule has 1 aliphatic rings. The Hall–Kier alpha value is -0.590. The van der Waals surface area contributed by atoms with Crippen LogP contribution < -0.4 is 5.32 Å². The average Bonchev–Trinajstić information content (AvgIpc) is 2.54. The first-order chi connectivity index (χ1) is 8.80. The van der Waals surface area contributed by atoms with Crippen molar-refractivity contribution in [2.24, 2.45) is 11.3 Å². The molecule has 19 heavy (non-hydrogen) atoms. The summed E-state index contributed by atoms with van der Waals surface area (Å²) >= 11 is 0. The van der Waals surface area contributed by atoms with Gasteiger partial charge in [0.05, 0.1) is 6.07 Å². The normalized spacial score (nSPS) is 25.4. The van der Waals surface area contributed by atoms with E-state index >= 15 is 0 Å². The van der Waals surface area contributed by atoms with Crippen LogP contribution in [-0.2, 0) is 0 Å². The van der Waals surface area contributed by atoms with Crippen molar-refractivity contribution in [1.29, 1.82) is 5.26 Å². The fraction of sp³-hybridized carbons (Fsp3) is 0.938. The molecule has 0 aromatic carbocycles. The van der Waals surface area contributed by atoms with Gasteiger partial charge in [0.15, 0.2) is 0 Å². The van der Waals surface area contributed by atoms with Crippen molar-refractivity contribution >= 4 is 0 Å². The summed E-state index contributed by atoms with van der Waals surface area (Å²) < 4.78 is 0. The van der Waals surface area contributed by atoms with Gasteiger partial charge < -0.3 is 4.90 Å². The Morgan fingerprint density at radius 3 is 2.42 bits per heavy atom. The minimum atomic E-state index is -0.406. The van der Waals surface area contributed by atoms with Crippen molar-refractivity contribution in [2.45, 2.75) is 59.4 Å². The molecule has 0 aliphatic carbocycles. The fourth-order valence-electron chi connectivity index (χ4n) is 3.15. The van der Waals surface area contributed by atoms with Crippen LogP contribution >= 0.6 is 0 Å². The van der Waals surface area contributed by atoms with E-state index in [0.717, 1.165) is 32.1 Å². The van der Waals surface area contributed by atoms with Crippen LogP contribution in [-0.4, -0.2) is 36.6 Å². The summed E-state index contributed by atoms with van der Waals surface area (Å²) in [5.41, 5.74) is 0.00648. The smallest absolute Gasteiger partial charge is 0.116 e. The van der Waals surface area contributed by atoms with Crippen LogP contribution in [0.25, 0.3) is 0 Å². The van der Waals surface area contributed by atoms with Crippen LogP contribution in [0.2, 0.25) is 0 Å². The first-order valence-corrected chi connectivity index (χ1v) is 7.69. The van der Waals surface area contributed by atoms with Crippen LogP contribution in [0.15, 0.2) is 0 Å². The van der Waals surface area contributed by atoms with Crippen molar-refractivity contribution in [1.82, 2.24) is 10.2 Å². The highest BCUT2D eigenvalue weighted by atomic mass is 15.2. The molecule has 1 rings (SSSR count). The van der Waals surface area contributed by atoms with Crippen molar-refractivity contribution < 1.29 is 0 Å². The molecule has 0 aromatic heterocycles. The highest BCUT2D eigenvalue weighted by molar-refractivity contribution is 5.05. The largest absolute Gasteiger partial charge is 0.300 e. The number of hydrogen-bond donors (Lipinski definition) is 1. The second kappa shape index (κ2) is 6.72. The summed E-state index contributed by atoms with van der Waals surface area (Å²) in [7, 11) is 0. The maximum atomic E-state index is 9.36. The van der Waals surface area contributed by atoms with Crippen molar-refractivity contribution in [2.75, 3.05) is 26.2 Å². The Balaban J connectivity index is 2.56. The first-order valence-electron chi connectivity index (χ1n) is 7.69. The molecule has 1 saturated heterocycles. The van der Waals surface area contributed by atoms with Crippen LogP contribution in [0.1, 0.15) is 53.9 Å². The average molecular weight is 265 g/mol. The van der Waals surface area contributed by atoms with Gasteiger partial charge in [0, 0.05) is 6.54 Å². The van der Waals surface area contributed by atoms with E-state index in [1.807, 2.05) is 6.92 Å². The number of likely N-dealkylation sites (N-methyl/N-ethyl adjacent to an activating group) is 1. The van der Waals surface area contributed by atoms with Gasteiger partial charge in [0.2, 0.25) is 0 Å². The van der Waals surface area contributed by atoms with Crippen LogP contribution in [0.3, 0.4) is 0 Å². The topological polar surface area (TPSA) is 39.1 Å². The number of nitrogens with one attached hydrogen (secondary N) is 1. The maximum absolute atomic E-state index is 9.36. The molecule has 2 atom stereocenters. The molecular weight excluding hydrogens is 234 g/mol. The van der Waals surface area contributed by atoms with Gasteiger partial charge in [-0.2, -0.15) is 5.26 Å². The molecule has 1 heterocycles. The quantitative estimate of drug-likeness (QED) is 0.849. The highest BCUT2D eigenvalue weighted by Crippen LogP contribution is 2.34. The lowest BCUT2D eigenvalue weighted by Gasteiger charge is -2.32. The van der Waals surface area contributed by atoms with Crippen molar-refractivity contribution in [3.05, 3.63) is 0 Å². The van der Waals surface area contributed by atoms with E-state index in [1.54, 1.807) is 0 Å². The van der Waals surface area contributed by atoms with Gasteiger partial charge in [-0.3, -0.25) is 5.32 Å². The summed E-state index contributed by atoms with van der Waals surface area (Å²) in [6, 6.07) is 2.44. The SMILES string of the molecule is CCNC(C)(C#N)CN1CCCC(C(C)(C)C)CC1. The predicted octanol–water partition coefficient (Wildman–Crippen LogP) is 3.03. The number of hydrogen-bond acceptors (Lipinski definition) is 3. The van der Waals surface area contributed by atoms with E-state index < -0.39 is 5.54 Å². The van der Waals surface area contributed by atoms with Gasteiger partial charge in [0.1, 0.15) is 5.54 Å². The third-order valence-corrected chi connectivity index (χ3v) is 4.40. The summed E-state index contributed by atoms with van der Waals surface area (Å²) in [5.74, 6) is 0.810. The van der Waals surface area contributed by atoms with Crippen molar-refractivity contribution in [3.8, 4) is 6.07 Å². The van der Waals surface area contributed by atoms with Gasteiger partial charge >= 0.3 is 0 Å². The predicted molar refractivity (Wildman–Crippen MR) is 80.9 cm³/mol. The molecule has 0 radical (unpaired) electrons. The second-order valence-corrected chi connectivity index (χ2v) is 7.24. The fourth-order valence-corrected chi connectivity index (χ4v) is 3.15. The van der Waals surface area contributed by atoms with E-state index in [0.29, 0.717) is 5.41 Å². The second-order valence-electron chi connectivity index (χ2n) is 7.24. The van der Waals surface area contributed by atoms with E-state index in [-0.39, 0.29) is 0 Å². The third kappa shape index (κ3) is 5.12. The molecule has 110 valence electrons. The highest BCUT2D eigenvalue weighted by Gasteiger charge is 2.30. The number of likely N-dealkylation sites (tertiary alicyclic amines) is 1. The zero-order valence-electron chi connectivity index (χ0n) is 13.4. The molecule has 2 unspecified atom stereocenters. The van der Waals surface area contributed by atoms with Crippen LogP contribution in [0.4, 0.5) is 0 Å². The van der Waals surface area contributed by atoms with E-state index in [4.69, 9.17) is 0 Å². The standard InChI is InChI=1S/C16H31N3/c1-6-18-16(5,12-17)13-19-10-7-8-14(9-11-19)15(2,3)4/h14,18H,6-11,13H2,1-5H3. The molecule has 0 bridgehead atoms. The lowest BCUT2D eigenvalue weighted by atomic mass is 9.77. The van der Waals surface area contributed by atoms with Crippen LogP contribution in [0, 0.1) is 22.7 Å². The van der Waals surface area contributed by atoms with E-state index in [1.165, 1.54) is 19.3 Å². The van der Waals surface area contributed by atoms with E-state index in [9.17, 15) is 5.26 Å². The number of nitrogens with zero attached hydrogens (tertiary/aromatic N) is 2. The summed E-state index contributed by atoms with van der Waals surface area (Å²) in [6.45, 7) is 15.1. The summed E-state index contributed by atoms with van der Waals surface area (Å²) in [4.78, 5) is 2.47. The first kappa shape index (κ1) is 16.5. The Kier molecular flexibility index (Phi) is 5.82. The Labute approximate surface area is 119 Å². The van der Waals surface area contributed by atoms with Gasteiger partial charge in [-0.05, 0) is 57.2 Å². The molecule has 0 aromatic rings. The molecule has 3 heteroatoms. The van der Waals surface area contributed by atoms with Crippen molar-refractivity contribution in [3.63, 3.8) is 0 Å². The Morgan fingerprint density at radius 1 is 1.21 bits per heavy atom. The lowest BCUT2D eigenvalue weighted by Crippen LogP contribution is -2.50. The molecule has 1 N–H and O–H groups in total. The molecule has 0 amide bonds. The molecule has 0 spiro atoms. The minimum absolute atomic E-state index is 0.406. The molecule has 1 fully saturated rings. The summed E-state index contributed by atoms with van der Waals surface area (Å²) in [6.07, 6.45) is 3.84.